The first kappa shape index (κ1) is 18.6. The molecule has 2 fully saturated rings. The van der Waals surface area contributed by atoms with Gasteiger partial charge < -0.3 is 19.7 Å². The molecule has 1 aromatic rings. The number of nitrogens with zero attached hydrogens (tertiary/aromatic N) is 1. The number of halogens is 1. The van der Waals surface area contributed by atoms with Crippen LogP contribution < -0.4 is 10.1 Å². The molecule has 1 unspecified atom stereocenters. The molecular formula is C19H25FN2O4. The van der Waals surface area contributed by atoms with Crippen LogP contribution in [0.3, 0.4) is 0 Å². The molecule has 1 aromatic carbocycles. The smallest absolute Gasteiger partial charge is 0.222 e. The van der Waals surface area contributed by atoms with Gasteiger partial charge in [0.1, 0.15) is 11.6 Å². The molecule has 0 aromatic heterocycles. The van der Waals surface area contributed by atoms with Gasteiger partial charge in [-0.25, -0.2) is 4.39 Å². The number of hydrogen-bond acceptors (Lipinski definition) is 4. The standard InChI is InChI=1S/C19H25FN2O4/c1-25-15-3-2-14(16(20)12-15)13-19(6-4-17(23)21-19)7-5-18(24)22-8-10-26-11-9-22/h2-3,12H,4-11,13H2,1H3,(H,21,23). The van der Waals surface area contributed by atoms with Crippen LogP contribution in [0.25, 0.3) is 0 Å². The highest BCUT2D eigenvalue weighted by Gasteiger charge is 2.38. The Bertz CT molecular complexity index is 676. The maximum atomic E-state index is 14.4. The molecule has 26 heavy (non-hydrogen) atoms. The Balaban J connectivity index is 1.68. The van der Waals surface area contributed by atoms with E-state index in [0.29, 0.717) is 69.7 Å². The van der Waals surface area contributed by atoms with E-state index in [2.05, 4.69) is 5.32 Å². The molecule has 2 aliphatic heterocycles. The highest BCUT2D eigenvalue weighted by Crippen LogP contribution is 2.31. The monoisotopic (exact) mass is 364 g/mol. The Labute approximate surface area is 152 Å². The molecule has 0 aliphatic carbocycles. The third-order valence-corrected chi connectivity index (χ3v) is 5.21. The number of carbonyl (C=O) groups excluding carboxylic acids is 2. The van der Waals surface area contributed by atoms with Crippen LogP contribution in [-0.4, -0.2) is 55.7 Å². The predicted octanol–water partition coefficient (Wildman–Crippen LogP) is 1.66. The molecule has 0 saturated carbocycles. The average Bonchev–Trinajstić information content (AvgIpc) is 3.03. The Kier molecular flexibility index (Phi) is 5.76. The van der Waals surface area contributed by atoms with Crippen molar-refractivity contribution in [1.82, 2.24) is 10.2 Å². The minimum Gasteiger partial charge on any atom is -0.497 e. The van der Waals surface area contributed by atoms with Crippen molar-refractivity contribution in [3.63, 3.8) is 0 Å². The number of methoxy groups -OCH3 is 1. The molecule has 2 heterocycles. The summed E-state index contributed by atoms with van der Waals surface area (Å²) in [7, 11) is 1.49. The summed E-state index contributed by atoms with van der Waals surface area (Å²) in [4.78, 5) is 26.1. The number of amides is 2. The maximum absolute atomic E-state index is 14.4. The molecule has 7 heteroatoms. The number of rotatable bonds is 6. The number of hydrogen-bond donors (Lipinski definition) is 1. The van der Waals surface area contributed by atoms with Gasteiger partial charge in [-0.3, -0.25) is 9.59 Å². The van der Waals surface area contributed by atoms with Gasteiger partial charge in [-0.05, 0) is 30.9 Å². The molecule has 0 spiro atoms. The van der Waals surface area contributed by atoms with E-state index in [9.17, 15) is 14.0 Å². The van der Waals surface area contributed by atoms with Crippen molar-refractivity contribution >= 4 is 11.8 Å². The van der Waals surface area contributed by atoms with Gasteiger partial charge in [0.05, 0.1) is 20.3 Å². The van der Waals surface area contributed by atoms with Crippen molar-refractivity contribution in [3.05, 3.63) is 29.6 Å². The Hall–Kier alpha value is -2.15. The fraction of sp³-hybridized carbons (Fsp3) is 0.579. The van der Waals surface area contributed by atoms with Gasteiger partial charge in [0.2, 0.25) is 11.8 Å². The second kappa shape index (κ2) is 8.03. The molecule has 0 bridgehead atoms. The lowest BCUT2D eigenvalue weighted by atomic mass is 9.84. The summed E-state index contributed by atoms with van der Waals surface area (Å²) in [5.74, 6) is 0.115. The lowest BCUT2D eigenvalue weighted by Crippen LogP contribution is -2.46. The van der Waals surface area contributed by atoms with Gasteiger partial charge in [-0.2, -0.15) is 0 Å². The SMILES string of the molecule is COc1ccc(CC2(CCC(=O)N3CCOCC3)CCC(=O)N2)c(F)c1. The molecule has 142 valence electrons. The first-order valence-electron chi connectivity index (χ1n) is 9.00. The van der Waals surface area contributed by atoms with Crippen LogP contribution in [-0.2, 0) is 20.7 Å². The van der Waals surface area contributed by atoms with Crippen molar-refractivity contribution in [2.75, 3.05) is 33.4 Å². The van der Waals surface area contributed by atoms with E-state index in [1.165, 1.54) is 13.2 Å². The minimum absolute atomic E-state index is 0.0438. The number of nitrogens with one attached hydrogen (secondary N) is 1. The Morgan fingerprint density at radius 1 is 1.38 bits per heavy atom. The van der Waals surface area contributed by atoms with E-state index in [-0.39, 0.29) is 17.6 Å². The summed E-state index contributed by atoms with van der Waals surface area (Å²) < 4.78 is 24.7. The molecule has 2 aliphatic rings. The second-order valence-corrected chi connectivity index (χ2v) is 6.96. The molecule has 6 nitrogen and oxygen atoms in total. The third kappa shape index (κ3) is 4.33. The van der Waals surface area contributed by atoms with Gasteiger partial charge in [-0.15, -0.1) is 0 Å². The molecule has 3 rings (SSSR count). The van der Waals surface area contributed by atoms with Crippen molar-refractivity contribution in [3.8, 4) is 5.75 Å². The first-order valence-corrected chi connectivity index (χ1v) is 9.00. The lowest BCUT2D eigenvalue weighted by Gasteiger charge is -2.32. The number of morpholine rings is 1. The van der Waals surface area contributed by atoms with E-state index in [1.807, 2.05) is 0 Å². The van der Waals surface area contributed by atoms with Crippen molar-refractivity contribution in [2.24, 2.45) is 0 Å². The lowest BCUT2D eigenvalue weighted by molar-refractivity contribution is -0.135. The zero-order valence-electron chi connectivity index (χ0n) is 15.1. The van der Waals surface area contributed by atoms with E-state index in [0.717, 1.165) is 0 Å². The summed E-state index contributed by atoms with van der Waals surface area (Å²) >= 11 is 0. The first-order chi connectivity index (χ1) is 12.5. The van der Waals surface area contributed by atoms with E-state index in [1.54, 1.807) is 17.0 Å². The topological polar surface area (TPSA) is 67.9 Å². The van der Waals surface area contributed by atoms with Gasteiger partial charge >= 0.3 is 0 Å². The van der Waals surface area contributed by atoms with Crippen molar-refractivity contribution in [2.45, 2.75) is 37.6 Å². The highest BCUT2D eigenvalue weighted by atomic mass is 19.1. The maximum Gasteiger partial charge on any atom is 0.222 e. The van der Waals surface area contributed by atoms with Gasteiger partial charge in [0.15, 0.2) is 0 Å². The number of benzene rings is 1. The molecule has 1 N–H and O–H groups in total. The second-order valence-electron chi connectivity index (χ2n) is 6.96. The summed E-state index contributed by atoms with van der Waals surface area (Å²) in [6.45, 7) is 2.33. The Morgan fingerprint density at radius 2 is 2.15 bits per heavy atom. The van der Waals surface area contributed by atoms with Crippen LogP contribution in [0.1, 0.15) is 31.2 Å². The predicted molar refractivity (Wildman–Crippen MR) is 93.4 cm³/mol. The van der Waals surface area contributed by atoms with E-state index < -0.39 is 5.54 Å². The summed E-state index contributed by atoms with van der Waals surface area (Å²) in [6.07, 6.45) is 2.21. The van der Waals surface area contributed by atoms with Crippen LogP contribution >= 0.6 is 0 Å². The van der Waals surface area contributed by atoms with Crippen LogP contribution in [0.4, 0.5) is 4.39 Å². The van der Waals surface area contributed by atoms with Crippen molar-refractivity contribution < 1.29 is 23.5 Å². The van der Waals surface area contributed by atoms with Gasteiger partial charge in [0.25, 0.3) is 0 Å². The van der Waals surface area contributed by atoms with Crippen molar-refractivity contribution in [1.29, 1.82) is 0 Å². The minimum atomic E-state index is -0.575. The van der Waals surface area contributed by atoms with Gasteiger partial charge in [-0.1, -0.05) is 6.07 Å². The molecular weight excluding hydrogens is 339 g/mol. The molecule has 2 saturated heterocycles. The third-order valence-electron chi connectivity index (χ3n) is 5.21. The average molecular weight is 364 g/mol. The van der Waals surface area contributed by atoms with Crippen LogP contribution in [0, 0.1) is 5.82 Å². The fourth-order valence-electron chi connectivity index (χ4n) is 3.66. The van der Waals surface area contributed by atoms with Crippen LogP contribution in [0.15, 0.2) is 18.2 Å². The number of ether oxygens (including phenoxy) is 2. The zero-order chi connectivity index (χ0) is 18.6. The number of carbonyl (C=O) groups is 2. The largest absolute Gasteiger partial charge is 0.497 e. The molecule has 1 atom stereocenters. The van der Waals surface area contributed by atoms with E-state index >= 15 is 0 Å². The highest BCUT2D eigenvalue weighted by molar-refractivity contribution is 5.80. The fourth-order valence-corrected chi connectivity index (χ4v) is 3.66. The van der Waals surface area contributed by atoms with Gasteiger partial charge in [0, 0.05) is 37.5 Å². The van der Waals surface area contributed by atoms with Crippen LogP contribution in [0.2, 0.25) is 0 Å². The summed E-state index contributed by atoms with van der Waals surface area (Å²) in [6, 6.07) is 4.74. The normalized spacial score (nSPS) is 23.0. The van der Waals surface area contributed by atoms with Crippen LogP contribution in [0.5, 0.6) is 5.75 Å². The molecule has 2 amide bonds. The molecule has 0 radical (unpaired) electrons. The zero-order valence-corrected chi connectivity index (χ0v) is 15.1. The van der Waals surface area contributed by atoms with E-state index in [4.69, 9.17) is 9.47 Å². The summed E-state index contributed by atoms with van der Waals surface area (Å²) in [5.41, 5.74) is -0.0547. The summed E-state index contributed by atoms with van der Waals surface area (Å²) in [5, 5.41) is 3.00. The quantitative estimate of drug-likeness (QED) is 0.834. The Morgan fingerprint density at radius 3 is 2.77 bits per heavy atom.